The lowest BCUT2D eigenvalue weighted by Crippen LogP contribution is -2.31. The third kappa shape index (κ3) is 3.19. The van der Waals surface area contributed by atoms with Crippen LogP contribution in [0.25, 0.3) is 0 Å². The highest BCUT2D eigenvalue weighted by Crippen LogP contribution is 2.34. The minimum atomic E-state index is -0.705. The molecule has 1 atom stereocenters. The Balaban J connectivity index is 1.87. The molecular weight excluding hydrogens is 313 g/mol. The van der Waals surface area contributed by atoms with Crippen molar-refractivity contribution in [2.24, 2.45) is 0 Å². The van der Waals surface area contributed by atoms with Gasteiger partial charge in [-0.1, -0.05) is 6.07 Å². The number of halogens is 1. The molecule has 1 aliphatic heterocycles. The second-order valence-corrected chi connectivity index (χ2v) is 5.31. The maximum Gasteiger partial charge on any atom is 0.237 e. The Kier molecular flexibility index (Phi) is 4.41. The fourth-order valence-electron chi connectivity index (χ4n) is 2.63. The van der Waals surface area contributed by atoms with Gasteiger partial charge in [-0.3, -0.25) is 9.59 Å². The number of nitrogens with one attached hydrogen (secondary N) is 2. The molecule has 0 aliphatic carbocycles. The molecule has 0 bridgehead atoms. The molecule has 0 unspecified atom stereocenters. The maximum absolute atomic E-state index is 13.4. The van der Waals surface area contributed by atoms with E-state index in [2.05, 4.69) is 15.6 Å². The number of anilines is 2. The molecule has 1 aromatic carbocycles. The highest BCUT2D eigenvalue weighted by atomic mass is 19.1. The Morgan fingerprint density at radius 2 is 2.29 bits per heavy atom. The fourth-order valence-corrected chi connectivity index (χ4v) is 2.63. The molecule has 0 fully saturated rings. The van der Waals surface area contributed by atoms with Gasteiger partial charge in [-0.05, 0) is 36.8 Å². The molecule has 124 valence electrons. The van der Waals surface area contributed by atoms with Crippen LogP contribution in [0.1, 0.15) is 24.8 Å². The summed E-state index contributed by atoms with van der Waals surface area (Å²) in [6, 6.07) is 7.34. The first kappa shape index (κ1) is 15.9. The van der Waals surface area contributed by atoms with Gasteiger partial charge in [0.25, 0.3) is 0 Å². The van der Waals surface area contributed by atoms with Crippen LogP contribution in [0.4, 0.5) is 15.8 Å². The van der Waals surface area contributed by atoms with Crippen LogP contribution in [0.15, 0.2) is 36.5 Å². The number of benzene rings is 1. The van der Waals surface area contributed by atoms with Crippen LogP contribution in [0.2, 0.25) is 0 Å². The van der Waals surface area contributed by atoms with Crippen molar-refractivity contribution in [3.63, 3.8) is 0 Å². The molecule has 0 spiro atoms. The Morgan fingerprint density at radius 1 is 1.46 bits per heavy atom. The second-order valence-electron chi connectivity index (χ2n) is 5.31. The van der Waals surface area contributed by atoms with Crippen LogP contribution in [0, 0.1) is 5.82 Å². The van der Waals surface area contributed by atoms with Crippen LogP contribution >= 0.6 is 0 Å². The number of carbonyl (C=O) groups is 2. The van der Waals surface area contributed by atoms with Crippen molar-refractivity contribution in [1.82, 2.24) is 4.98 Å². The number of fused-ring (bicyclic) bond motifs is 1. The highest BCUT2D eigenvalue weighted by molar-refractivity contribution is 6.05. The largest absolute Gasteiger partial charge is 0.476 e. The van der Waals surface area contributed by atoms with Crippen molar-refractivity contribution in [2.75, 3.05) is 17.2 Å². The zero-order valence-electron chi connectivity index (χ0n) is 13.0. The van der Waals surface area contributed by atoms with Gasteiger partial charge in [0.15, 0.2) is 0 Å². The van der Waals surface area contributed by atoms with Crippen LogP contribution in [0.3, 0.4) is 0 Å². The zero-order chi connectivity index (χ0) is 17.1. The number of hydrogen-bond donors (Lipinski definition) is 2. The number of carbonyl (C=O) groups excluding carboxylic acids is 2. The summed E-state index contributed by atoms with van der Waals surface area (Å²) in [6.07, 6.45) is 1.56. The second kappa shape index (κ2) is 6.66. The lowest BCUT2D eigenvalue weighted by atomic mass is 9.89. The Labute approximate surface area is 138 Å². The molecule has 3 rings (SSSR count). The van der Waals surface area contributed by atoms with E-state index in [1.165, 1.54) is 18.2 Å². The minimum Gasteiger partial charge on any atom is -0.476 e. The Hall–Kier alpha value is -2.96. The van der Waals surface area contributed by atoms with Crippen LogP contribution < -0.4 is 15.4 Å². The first-order valence-electron chi connectivity index (χ1n) is 7.56. The van der Waals surface area contributed by atoms with Crippen molar-refractivity contribution >= 4 is 23.2 Å². The van der Waals surface area contributed by atoms with Gasteiger partial charge < -0.3 is 15.4 Å². The van der Waals surface area contributed by atoms with E-state index in [1.54, 1.807) is 18.3 Å². The van der Waals surface area contributed by atoms with E-state index in [4.69, 9.17) is 4.74 Å². The van der Waals surface area contributed by atoms with E-state index in [0.29, 0.717) is 29.4 Å². The van der Waals surface area contributed by atoms with Crippen LogP contribution in [-0.2, 0) is 9.59 Å². The molecule has 2 heterocycles. The first-order valence-corrected chi connectivity index (χ1v) is 7.56. The standard InChI is InChI=1S/C17H16FN3O3/c1-2-24-17-13(4-3-7-19-17)21-16(23)12-9-15(22)20-14-8-10(18)5-6-11(12)14/h3-8,12H,2,9H2,1H3,(H,20,22)(H,21,23)/t12-/m0/s1. The summed E-state index contributed by atoms with van der Waals surface area (Å²) < 4.78 is 18.7. The average Bonchev–Trinajstić information content (AvgIpc) is 2.55. The SMILES string of the molecule is CCOc1ncccc1NC(=O)[C@H]1CC(=O)Nc2cc(F)ccc21. The predicted octanol–water partition coefficient (Wildman–Crippen LogP) is 2.68. The summed E-state index contributed by atoms with van der Waals surface area (Å²) in [5.74, 6) is -1.56. The molecule has 7 heteroatoms. The minimum absolute atomic E-state index is 0.00526. The summed E-state index contributed by atoms with van der Waals surface area (Å²) in [6.45, 7) is 2.23. The lowest BCUT2D eigenvalue weighted by molar-refractivity contribution is -0.123. The summed E-state index contributed by atoms with van der Waals surface area (Å²) in [7, 11) is 0. The zero-order valence-corrected chi connectivity index (χ0v) is 13.0. The average molecular weight is 329 g/mol. The normalized spacial score (nSPS) is 16.1. The number of rotatable bonds is 4. The van der Waals surface area contributed by atoms with Gasteiger partial charge in [-0.2, -0.15) is 0 Å². The predicted molar refractivity (Wildman–Crippen MR) is 86.4 cm³/mol. The smallest absolute Gasteiger partial charge is 0.237 e. The quantitative estimate of drug-likeness (QED) is 0.904. The van der Waals surface area contributed by atoms with Gasteiger partial charge in [0, 0.05) is 18.3 Å². The van der Waals surface area contributed by atoms with E-state index >= 15 is 0 Å². The van der Waals surface area contributed by atoms with Crippen LogP contribution in [-0.4, -0.2) is 23.4 Å². The molecule has 2 aromatic rings. The van der Waals surface area contributed by atoms with Gasteiger partial charge in [-0.15, -0.1) is 0 Å². The first-order chi connectivity index (χ1) is 11.6. The summed E-state index contributed by atoms with van der Waals surface area (Å²) >= 11 is 0. The van der Waals surface area contributed by atoms with Gasteiger partial charge in [-0.25, -0.2) is 9.37 Å². The van der Waals surface area contributed by atoms with Crippen molar-refractivity contribution < 1.29 is 18.7 Å². The number of amides is 2. The van der Waals surface area contributed by atoms with Gasteiger partial charge in [0.1, 0.15) is 11.5 Å². The van der Waals surface area contributed by atoms with E-state index in [-0.39, 0.29) is 18.2 Å². The molecule has 0 saturated carbocycles. The maximum atomic E-state index is 13.4. The number of nitrogens with zero attached hydrogens (tertiary/aromatic N) is 1. The molecule has 2 N–H and O–H groups in total. The van der Waals surface area contributed by atoms with Crippen molar-refractivity contribution in [3.05, 3.63) is 47.9 Å². The third-order valence-electron chi connectivity index (χ3n) is 3.68. The number of pyridine rings is 1. The fraction of sp³-hybridized carbons (Fsp3) is 0.235. The summed E-state index contributed by atoms with van der Waals surface area (Å²) in [5, 5.41) is 5.33. The van der Waals surface area contributed by atoms with Crippen LogP contribution in [0.5, 0.6) is 5.88 Å². The topological polar surface area (TPSA) is 80.3 Å². The molecule has 1 aromatic heterocycles. The van der Waals surface area contributed by atoms with Gasteiger partial charge >= 0.3 is 0 Å². The lowest BCUT2D eigenvalue weighted by Gasteiger charge is -2.25. The Morgan fingerprint density at radius 3 is 3.08 bits per heavy atom. The molecule has 24 heavy (non-hydrogen) atoms. The Bertz CT molecular complexity index is 794. The van der Waals surface area contributed by atoms with E-state index in [9.17, 15) is 14.0 Å². The highest BCUT2D eigenvalue weighted by Gasteiger charge is 2.31. The molecule has 0 saturated heterocycles. The number of ether oxygens (including phenoxy) is 1. The molecule has 6 nitrogen and oxygen atoms in total. The van der Waals surface area contributed by atoms with E-state index in [0.717, 1.165) is 0 Å². The number of aromatic nitrogens is 1. The molecule has 2 amide bonds. The van der Waals surface area contributed by atoms with Crippen molar-refractivity contribution in [1.29, 1.82) is 0 Å². The number of hydrogen-bond acceptors (Lipinski definition) is 4. The van der Waals surface area contributed by atoms with Crippen molar-refractivity contribution in [3.8, 4) is 5.88 Å². The summed E-state index contributed by atoms with van der Waals surface area (Å²) in [4.78, 5) is 28.5. The van der Waals surface area contributed by atoms with Crippen molar-refractivity contribution in [2.45, 2.75) is 19.3 Å². The van der Waals surface area contributed by atoms with E-state index < -0.39 is 11.7 Å². The third-order valence-corrected chi connectivity index (χ3v) is 3.68. The molecule has 1 aliphatic rings. The monoisotopic (exact) mass is 329 g/mol. The van der Waals surface area contributed by atoms with Gasteiger partial charge in [0.05, 0.1) is 12.5 Å². The molecule has 0 radical (unpaired) electrons. The van der Waals surface area contributed by atoms with Gasteiger partial charge in [0.2, 0.25) is 17.7 Å². The molecular formula is C17H16FN3O3. The summed E-state index contributed by atoms with van der Waals surface area (Å²) in [5.41, 5.74) is 1.33. The van der Waals surface area contributed by atoms with E-state index in [1.807, 2.05) is 6.92 Å².